The van der Waals surface area contributed by atoms with Crippen LogP contribution in [0.15, 0.2) is 12.3 Å². The van der Waals surface area contributed by atoms with E-state index in [1.807, 2.05) is 13.8 Å². The van der Waals surface area contributed by atoms with E-state index in [9.17, 15) is 4.39 Å². The first-order valence-corrected chi connectivity index (χ1v) is 4.13. The third-order valence-corrected chi connectivity index (χ3v) is 1.43. The first-order chi connectivity index (χ1) is 6.13. The van der Waals surface area contributed by atoms with E-state index in [1.165, 1.54) is 6.07 Å². The van der Waals surface area contributed by atoms with Crippen molar-refractivity contribution in [2.24, 2.45) is 0 Å². The molecule has 1 heterocycles. The lowest BCUT2D eigenvalue weighted by atomic mass is 10.4. The highest BCUT2D eigenvalue weighted by atomic mass is 19.1. The second kappa shape index (κ2) is 4.07. The van der Waals surface area contributed by atoms with Crippen LogP contribution < -0.4 is 10.1 Å². The summed E-state index contributed by atoms with van der Waals surface area (Å²) in [6.45, 7) is 3.79. The van der Waals surface area contributed by atoms with Crippen LogP contribution in [0, 0.1) is 5.82 Å². The Morgan fingerprint density at radius 2 is 2.23 bits per heavy atom. The quantitative estimate of drug-likeness (QED) is 0.780. The first-order valence-electron chi connectivity index (χ1n) is 4.13. The van der Waals surface area contributed by atoms with Gasteiger partial charge in [0.25, 0.3) is 0 Å². The summed E-state index contributed by atoms with van der Waals surface area (Å²) in [5.41, 5.74) is 0.564. The highest BCUT2D eigenvalue weighted by Crippen LogP contribution is 2.22. The number of pyridine rings is 1. The molecule has 72 valence electrons. The first kappa shape index (κ1) is 9.77. The van der Waals surface area contributed by atoms with Crippen LogP contribution >= 0.6 is 0 Å². The number of hydrogen-bond acceptors (Lipinski definition) is 3. The average molecular weight is 184 g/mol. The predicted molar refractivity (Wildman–Crippen MR) is 49.5 cm³/mol. The number of aromatic nitrogens is 1. The van der Waals surface area contributed by atoms with Crippen molar-refractivity contribution in [2.75, 3.05) is 12.4 Å². The van der Waals surface area contributed by atoms with Gasteiger partial charge in [0.1, 0.15) is 5.82 Å². The Morgan fingerprint density at radius 3 is 2.77 bits per heavy atom. The van der Waals surface area contributed by atoms with Crippen molar-refractivity contribution in [1.29, 1.82) is 0 Å². The van der Waals surface area contributed by atoms with E-state index in [4.69, 9.17) is 4.74 Å². The number of rotatable bonds is 3. The summed E-state index contributed by atoms with van der Waals surface area (Å²) in [5.74, 6) is 0.0550. The maximum atomic E-state index is 12.7. The Kier molecular flexibility index (Phi) is 3.06. The van der Waals surface area contributed by atoms with Crippen LogP contribution in [0.3, 0.4) is 0 Å². The number of halogens is 1. The summed E-state index contributed by atoms with van der Waals surface area (Å²) < 4.78 is 18.1. The van der Waals surface area contributed by atoms with Gasteiger partial charge in [-0.25, -0.2) is 9.37 Å². The van der Waals surface area contributed by atoms with Gasteiger partial charge in [0, 0.05) is 13.1 Å². The SMILES string of the molecule is CNc1cc(F)cnc1OC(C)C. The number of nitrogens with one attached hydrogen (secondary N) is 1. The maximum absolute atomic E-state index is 12.7. The Morgan fingerprint density at radius 1 is 1.54 bits per heavy atom. The molecule has 0 saturated carbocycles. The molecule has 0 radical (unpaired) electrons. The fourth-order valence-electron chi connectivity index (χ4n) is 0.923. The summed E-state index contributed by atoms with van der Waals surface area (Å²) >= 11 is 0. The Hall–Kier alpha value is -1.32. The molecule has 0 aromatic carbocycles. The zero-order valence-corrected chi connectivity index (χ0v) is 7.97. The maximum Gasteiger partial charge on any atom is 0.237 e. The van der Waals surface area contributed by atoms with Crippen molar-refractivity contribution in [3.8, 4) is 5.88 Å². The average Bonchev–Trinajstić information content (AvgIpc) is 2.07. The van der Waals surface area contributed by atoms with Gasteiger partial charge in [-0.3, -0.25) is 0 Å². The number of hydrogen-bond donors (Lipinski definition) is 1. The third-order valence-electron chi connectivity index (χ3n) is 1.43. The molecule has 0 aliphatic carbocycles. The van der Waals surface area contributed by atoms with Gasteiger partial charge in [0.15, 0.2) is 0 Å². The molecule has 0 unspecified atom stereocenters. The molecule has 0 fully saturated rings. The molecule has 0 spiro atoms. The van der Waals surface area contributed by atoms with E-state index in [2.05, 4.69) is 10.3 Å². The number of ether oxygens (including phenoxy) is 1. The molecule has 1 N–H and O–H groups in total. The Bertz CT molecular complexity index is 289. The summed E-state index contributed by atoms with van der Waals surface area (Å²) in [6, 6.07) is 1.35. The zero-order valence-electron chi connectivity index (χ0n) is 7.97. The molecular formula is C9H13FN2O. The minimum atomic E-state index is -0.375. The van der Waals surface area contributed by atoms with Crippen molar-refractivity contribution in [3.05, 3.63) is 18.1 Å². The van der Waals surface area contributed by atoms with Crippen LogP contribution in [0.2, 0.25) is 0 Å². The Balaban J connectivity index is 2.92. The van der Waals surface area contributed by atoms with Crippen molar-refractivity contribution in [3.63, 3.8) is 0 Å². The van der Waals surface area contributed by atoms with Crippen LogP contribution in [-0.2, 0) is 0 Å². The molecule has 1 aromatic rings. The van der Waals surface area contributed by atoms with Crippen molar-refractivity contribution < 1.29 is 9.13 Å². The normalized spacial score (nSPS) is 10.2. The summed E-state index contributed by atoms with van der Waals surface area (Å²) in [4.78, 5) is 3.83. The highest BCUT2D eigenvalue weighted by molar-refractivity contribution is 5.51. The van der Waals surface area contributed by atoms with E-state index in [0.29, 0.717) is 11.6 Å². The summed E-state index contributed by atoms with van der Waals surface area (Å²) in [5, 5.41) is 2.81. The van der Waals surface area contributed by atoms with E-state index in [-0.39, 0.29) is 11.9 Å². The standard InChI is InChI=1S/C9H13FN2O/c1-6(2)13-9-8(11-3)4-7(10)5-12-9/h4-6,11H,1-3H3. The monoisotopic (exact) mass is 184 g/mol. The molecule has 0 aliphatic heterocycles. The minimum absolute atomic E-state index is 0.0325. The lowest BCUT2D eigenvalue weighted by molar-refractivity contribution is 0.233. The van der Waals surface area contributed by atoms with E-state index in [0.717, 1.165) is 6.20 Å². The molecule has 4 heteroatoms. The molecule has 1 rings (SSSR count). The molecule has 3 nitrogen and oxygen atoms in total. The molecule has 13 heavy (non-hydrogen) atoms. The summed E-state index contributed by atoms with van der Waals surface area (Å²) in [7, 11) is 1.70. The van der Waals surface area contributed by atoms with Crippen LogP contribution in [0.25, 0.3) is 0 Å². The van der Waals surface area contributed by atoms with Gasteiger partial charge in [-0.1, -0.05) is 0 Å². The molecular weight excluding hydrogens is 171 g/mol. The fraction of sp³-hybridized carbons (Fsp3) is 0.444. The lowest BCUT2D eigenvalue weighted by Gasteiger charge is -2.12. The second-order valence-electron chi connectivity index (χ2n) is 2.92. The van der Waals surface area contributed by atoms with Crippen molar-refractivity contribution in [1.82, 2.24) is 4.98 Å². The fourth-order valence-corrected chi connectivity index (χ4v) is 0.923. The summed E-state index contributed by atoms with van der Waals surface area (Å²) in [6.07, 6.45) is 1.17. The molecule has 0 saturated heterocycles. The van der Waals surface area contributed by atoms with Gasteiger partial charge < -0.3 is 10.1 Å². The number of nitrogens with zero attached hydrogens (tertiary/aromatic N) is 1. The Labute approximate surface area is 76.9 Å². The molecule has 0 atom stereocenters. The van der Waals surface area contributed by atoms with Crippen molar-refractivity contribution in [2.45, 2.75) is 20.0 Å². The second-order valence-corrected chi connectivity index (χ2v) is 2.92. The van der Waals surface area contributed by atoms with Crippen LogP contribution in [0.1, 0.15) is 13.8 Å². The van der Waals surface area contributed by atoms with Gasteiger partial charge in [-0.2, -0.15) is 0 Å². The predicted octanol–water partition coefficient (Wildman–Crippen LogP) is 2.05. The van der Waals surface area contributed by atoms with Crippen molar-refractivity contribution >= 4 is 5.69 Å². The van der Waals surface area contributed by atoms with Gasteiger partial charge >= 0.3 is 0 Å². The van der Waals surface area contributed by atoms with Gasteiger partial charge in [0.2, 0.25) is 5.88 Å². The zero-order chi connectivity index (χ0) is 9.84. The van der Waals surface area contributed by atoms with Gasteiger partial charge in [0.05, 0.1) is 18.0 Å². The van der Waals surface area contributed by atoms with Gasteiger partial charge in [-0.05, 0) is 13.8 Å². The lowest BCUT2D eigenvalue weighted by Crippen LogP contribution is -2.09. The van der Waals surface area contributed by atoms with E-state index >= 15 is 0 Å². The highest BCUT2D eigenvalue weighted by Gasteiger charge is 2.06. The largest absolute Gasteiger partial charge is 0.473 e. The van der Waals surface area contributed by atoms with Crippen LogP contribution in [-0.4, -0.2) is 18.1 Å². The van der Waals surface area contributed by atoms with E-state index in [1.54, 1.807) is 7.05 Å². The van der Waals surface area contributed by atoms with Crippen LogP contribution in [0.4, 0.5) is 10.1 Å². The van der Waals surface area contributed by atoms with E-state index < -0.39 is 0 Å². The van der Waals surface area contributed by atoms with Crippen LogP contribution in [0.5, 0.6) is 5.88 Å². The molecule has 0 aliphatic rings. The molecule has 0 bridgehead atoms. The number of anilines is 1. The molecule has 0 amide bonds. The minimum Gasteiger partial charge on any atom is -0.473 e. The molecule has 1 aromatic heterocycles. The third kappa shape index (κ3) is 2.57. The smallest absolute Gasteiger partial charge is 0.237 e. The topological polar surface area (TPSA) is 34.2 Å². The van der Waals surface area contributed by atoms with Gasteiger partial charge in [-0.15, -0.1) is 0 Å².